The Balaban J connectivity index is 0.00000163. The van der Waals surface area contributed by atoms with Crippen LogP contribution in [-0.2, 0) is 4.79 Å². The second-order valence-corrected chi connectivity index (χ2v) is 8.87. The highest BCUT2D eigenvalue weighted by molar-refractivity contribution is 6.00. The third-order valence-corrected chi connectivity index (χ3v) is 6.81. The number of fused-ring (bicyclic) bond motifs is 1. The molecule has 1 fully saturated rings. The van der Waals surface area contributed by atoms with Crippen molar-refractivity contribution in [2.24, 2.45) is 17.3 Å². The lowest BCUT2D eigenvalue weighted by Crippen LogP contribution is -2.50. The van der Waals surface area contributed by atoms with E-state index in [9.17, 15) is 14.7 Å². The van der Waals surface area contributed by atoms with Gasteiger partial charge in [0.1, 0.15) is 0 Å². The molecule has 0 bridgehead atoms. The smallest absolute Gasteiger partial charge is 0.319 e. The first kappa shape index (κ1) is 31.8. The molecule has 3 N–H and O–H groups in total. The van der Waals surface area contributed by atoms with Crippen molar-refractivity contribution in [3.05, 3.63) is 61.3 Å². The molecule has 7 nitrogen and oxygen atoms in total. The number of aromatic nitrogens is 1. The molecule has 0 saturated carbocycles. The Hall–Kier alpha value is -3.19. The Kier molecular flexibility index (Phi) is 13.6. The number of rotatable bonds is 9. The van der Waals surface area contributed by atoms with Crippen LogP contribution in [0.4, 0.5) is 10.5 Å². The Bertz CT molecular complexity index is 1030. The lowest BCUT2D eigenvalue weighted by molar-refractivity contribution is -0.156. The van der Waals surface area contributed by atoms with Crippen molar-refractivity contribution in [2.75, 3.05) is 31.5 Å². The fraction of sp³-hybridized carbons (Fsp3) is 0.500. The van der Waals surface area contributed by atoms with Gasteiger partial charge in [0.2, 0.25) is 0 Å². The minimum atomic E-state index is -0.822. The van der Waals surface area contributed by atoms with Crippen LogP contribution in [0.25, 0.3) is 10.9 Å². The van der Waals surface area contributed by atoms with Gasteiger partial charge in [-0.2, -0.15) is 0 Å². The van der Waals surface area contributed by atoms with Gasteiger partial charge in [0.25, 0.3) is 0 Å². The molecule has 1 aromatic heterocycles. The van der Waals surface area contributed by atoms with Crippen LogP contribution in [0.2, 0.25) is 0 Å². The summed E-state index contributed by atoms with van der Waals surface area (Å²) in [5.74, 6) is -0.876. The normalized spacial score (nSPS) is 16.1. The largest absolute Gasteiger partial charge is 0.481 e. The molecule has 204 valence electrons. The molecule has 0 spiro atoms. The zero-order chi connectivity index (χ0) is 28.0. The third kappa shape index (κ3) is 8.15. The van der Waals surface area contributed by atoms with Crippen molar-refractivity contribution in [1.29, 1.82) is 0 Å². The molecule has 1 saturated heterocycles. The Morgan fingerprint density at radius 3 is 2.32 bits per heavy atom. The SMILES string of the molecule is C=CC(C)C(C=C)C1(C(=O)O)CCN(CCNC(=O)Nc2cc(C)nc3ccccc23)CC1.CC.CC. The Labute approximate surface area is 223 Å². The highest BCUT2D eigenvalue weighted by Gasteiger charge is 2.47. The van der Waals surface area contributed by atoms with Gasteiger partial charge in [-0.05, 0) is 56.8 Å². The summed E-state index contributed by atoms with van der Waals surface area (Å²) in [6, 6.07) is 9.29. The van der Waals surface area contributed by atoms with E-state index < -0.39 is 11.4 Å². The van der Waals surface area contributed by atoms with Crippen LogP contribution >= 0.6 is 0 Å². The number of hydrogen-bond donors (Lipinski definition) is 3. The third-order valence-electron chi connectivity index (χ3n) is 6.81. The molecule has 1 aromatic carbocycles. The maximum Gasteiger partial charge on any atom is 0.319 e. The second kappa shape index (κ2) is 15.8. The monoisotopic (exact) mass is 510 g/mol. The van der Waals surface area contributed by atoms with E-state index >= 15 is 0 Å². The standard InChI is InChI=1S/C26H34N4O3.2C2H6/c1-5-18(3)21(6-2)26(24(31)32)11-14-30(15-12-26)16-13-27-25(33)29-23-17-19(4)28-22-10-8-7-9-20(22)23;2*1-2/h5-10,17-18,21H,1-2,11-16H2,3-4H3,(H,31,32)(H2,27,28,29,33);2*1-2H3. The van der Waals surface area contributed by atoms with E-state index in [4.69, 9.17) is 0 Å². The number of piperidine rings is 1. The summed E-state index contributed by atoms with van der Waals surface area (Å²) < 4.78 is 0. The van der Waals surface area contributed by atoms with Gasteiger partial charge in [-0.25, -0.2) is 4.79 Å². The van der Waals surface area contributed by atoms with E-state index in [0.717, 1.165) is 22.3 Å². The van der Waals surface area contributed by atoms with E-state index in [2.05, 4.69) is 33.7 Å². The summed E-state index contributed by atoms with van der Waals surface area (Å²) in [4.78, 5) is 31.4. The van der Waals surface area contributed by atoms with Crippen LogP contribution in [0, 0.1) is 24.2 Å². The molecule has 2 atom stereocenters. The second-order valence-electron chi connectivity index (χ2n) is 8.87. The van der Waals surface area contributed by atoms with E-state index in [1.54, 1.807) is 12.2 Å². The fourth-order valence-corrected chi connectivity index (χ4v) is 4.86. The van der Waals surface area contributed by atoms with Crippen LogP contribution in [0.15, 0.2) is 55.6 Å². The molecule has 2 aromatic rings. The molecule has 1 aliphatic rings. The average Bonchev–Trinajstić information content (AvgIpc) is 2.92. The predicted octanol–water partition coefficient (Wildman–Crippen LogP) is 6.51. The van der Waals surface area contributed by atoms with Crippen molar-refractivity contribution in [1.82, 2.24) is 15.2 Å². The molecule has 0 radical (unpaired) electrons. The number of carboxylic acid groups (broad SMARTS) is 1. The number of carbonyl (C=O) groups excluding carboxylic acids is 1. The number of aliphatic carboxylic acids is 1. The lowest BCUT2D eigenvalue weighted by atomic mass is 9.64. The molecular weight excluding hydrogens is 464 g/mol. The number of pyridine rings is 1. The minimum Gasteiger partial charge on any atom is -0.481 e. The van der Waals surface area contributed by atoms with Gasteiger partial charge in [0, 0.05) is 24.2 Å². The summed E-state index contributed by atoms with van der Waals surface area (Å²) in [6.07, 6.45) is 4.67. The predicted molar refractivity (Wildman–Crippen MR) is 155 cm³/mol. The van der Waals surface area contributed by atoms with Crippen LogP contribution < -0.4 is 10.6 Å². The summed E-state index contributed by atoms with van der Waals surface area (Å²) in [7, 11) is 0. The lowest BCUT2D eigenvalue weighted by Gasteiger charge is -2.44. The van der Waals surface area contributed by atoms with Gasteiger partial charge in [0.15, 0.2) is 0 Å². The molecule has 2 heterocycles. The number of hydrogen-bond acceptors (Lipinski definition) is 4. The van der Waals surface area contributed by atoms with Crippen molar-refractivity contribution in [2.45, 2.75) is 54.4 Å². The van der Waals surface area contributed by atoms with Crippen LogP contribution in [-0.4, -0.2) is 53.2 Å². The van der Waals surface area contributed by atoms with Crippen molar-refractivity contribution in [3.63, 3.8) is 0 Å². The number of carboxylic acids is 1. The zero-order valence-corrected chi connectivity index (χ0v) is 23.5. The van der Waals surface area contributed by atoms with Gasteiger partial charge in [-0.1, -0.05) is 65.0 Å². The van der Waals surface area contributed by atoms with Crippen LogP contribution in [0.3, 0.4) is 0 Å². The molecule has 7 heteroatoms. The Morgan fingerprint density at radius 1 is 1.14 bits per heavy atom. The number of likely N-dealkylation sites (tertiary alicyclic amines) is 1. The summed E-state index contributed by atoms with van der Waals surface area (Å²) in [5, 5.41) is 16.8. The number of benzene rings is 1. The molecular formula is C30H46N4O3. The van der Waals surface area contributed by atoms with E-state index in [0.29, 0.717) is 39.0 Å². The topological polar surface area (TPSA) is 94.6 Å². The van der Waals surface area contributed by atoms with Gasteiger partial charge in [-0.15, -0.1) is 13.2 Å². The zero-order valence-electron chi connectivity index (χ0n) is 23.5. The fourth-order valence-electron chi connectivity index (χ4n) is 4.86. The molecule has 37 heavy (non-hydrogen) atoms. The highest BCUT2D eigenvalue weighted by Crippen LogP contribution is 2.43. The summed E-state index contributed by atoms with van der Waals surface area (Å²) in [5.41, 5.74) is 1.58. The van der Waals surface area contributed by atoms with Crippen molar-refractivity contribution in [3.8, 4) is 0 Å². The average molecular weight is 511 g/mol. The quantitative estimate of drug-likeness (QED) is 0.334. The molecule has 2 amide bonds. The molecule has 0 aliphatic carbocycles. The number of nitrogens with one attached hydrogen (secondary N) is 2. The molecule has 2 unspecified atom stereocenters. The van der Waals surface area contributed by atoms with Crippen LogP contribution in [0.1, 0.15) is 53.2 Å². The Morgan fingerprint density at radius 2 is 1.76 bits per heavy atom. The maximum atomic E-state index is 12.5. The molecule has 1 aliphatic heterocycles. The number of anilines is 1. The first-order valence-corrected chi connectivity index (χ1v) is 13.4. The van der Waals surface area contributed by atoms with Crippen molar-refractivity contribution >= 4 is 28.6 Å². The van der Waals surface area contributed by atoms with Gasteiger partial charge in [-0.3, -0.25) is 9.78 Å². The first-order chi connectivity index (χ1) is 17.8. The number of aryl methyl sites for hydroxylation is 1. The van der Waals surface area contributed by atoms with Gasteiger partial charge < -0.3 is 20.6 Å². The summed E-state index contributed by atoms with van der Waals surface area (Å²) in [6.45, 7) is 22.1. The van der Waals surface area contributed by atoms with Gasteiger partial charge in [0.05, 0.1) is 16.6 Å². The van der Waals surface area contributed by atoms with E-state index in [-0.39, 0.29) is 17.9 Å². The minimum absolute atomic E-state index is 0.0448. The number of allylic oxidation sites excluding steroid dienone is 2. The maximum absolute atomic E-state index is 12.5. The van der Waals surface area contributed by atoms with E-state index in [1.807, 2.05) is 71.9 Å². The number of amides is 2. The van der Waals surface area contributed by atoms with Gasteiger partial charge >= 0.3 is 12.0 Å². The summed E-state index contributed by atoms with van der Waals surface area (Å²) >= 11 is 0. The van der Waals surface area contributed by atoms with E-state index in [1.165, 1.54) is 0 Å². The van der Waals surface area contributed by atoms with Crippen molar-refractivity contribution < 1.29 is 14.7 Å². The first-order valence-electron chi connectivity index (χ1n) is 13.4. The highest BCUT2D eigenvalue weighted by atomic mass is 16.4. The number of para-hydroxylation sites is 1. The number of carbonyl (C=O) groups is 2. The number of nitrogens with zero attached hydrogens (tertiary/aromatic N) is 2. The molecule has 3 rings (SSSR count). The van der Waals surface area contributed by atoms with Crippen LogP contribution in [0.5, 0.6) is 0 Å². The number of urea groups is 1.